The summed E-state index contributed by atoms with van der Waals surface area (Å²) in [6, 6.07) is 7.34. The maximum atomic E-state index is 12.3. The summed E-state index contributed by atoms with van der Waals surface area (Å²) in [4.78, 5) is 2.17. The Morgan fingerprint density at radius 2 is 2.10 bits per heavy atom. The molecule has 2 heterocycles. The molecule has 0 aliphatic rings. The van der Waals surface area contributed by atoms with Crippen molar-refractivity contribution >= 4 is 32.7 Å². The Labute approximate surface area is 127 Å². The lowest BCUT2D eigenvalue weighted by atomic mass is 10.2. The highest BCUT2D eigenvalue weighted by Gasteiger charge is 2.19. The van der Waals surface area contributed by atoms with Gasteiger partial charge in [0.2, 0.25) is 10.0 Å². The first kappa shape index (κ1) is 15.7. The maximum Gasteiger partial charge on any atom is 0.250 e. The molecule has 0 spiro atoms. The molecule has 0 saturated heterocycles. The van der Waals surface area contributed by atoms with E-state index in [9.17, 15) is 8.42 Å². The number of nitrogens with one attached hydrogen (secondary N) is 1. The molecular formula is C13H18N2O2S3. The van der Waals surface area contributed by atoms with E-state index in [1.165, 1.54) is 16.2 Å². The lowest BCUT2D eigenvalue weighted by molar-refractivity contribution is 0.563. The molecule has 0 bridgehead atoms. The molecule has 0 aliphatic heterocycles. The molecular weight excluding hydrogens is 312 g/mol. The van der Waals surface area contributed by atoms with Crippen LogP contribution >= 0.6 is 22.7 Å². The smallest absolute Gasteiger partial charge is 0.250 e. The zero-order valence-electron chi connectivity index (χ0n) is 11.2. The van der Waals surface area contributed by atoms with Crippen LogP contribution in [0.5, 0.6) is 0 Å². The number of thiophene rings is 2. The summed E-state index contributed by atoms with van der Waals surface area (Å²) in [7, 11) is -3.43. The van der Waals surface area contributed by atoms with Crippen LogP contribution in [0.3, 0.4) is 0 Å². The summed E-state index contributed by atoms with van der Waals surface area (Å²) in [6.07, 6.45) is 1.42. The Morgan fingerprint density at radius 3 is 2.75 bits per heavy atom. The summed E-state index contributed by atoms with van der Waals surface area (Å²) < 4.78 is 27.6. The second kappa shape index (κ2) is 6.82. The van der Waals surface area contributed by atoms with E-state index in [-0.39, 0.29) is 6.04 Å². The number of hydrogen-bond donors (Lipinski definition) is 2. The zero-order chi connectivity index (χ0) is 14.6. The van der Waals surface area contributed by atoms with Crippen LogP contribution in [0.2, 0.25) is 0 Å². The van der Waals surface area contributed by atoms with Crippen molar-refractivity contribution in [3.63, 3.8) is 0 Å². The van der Waals surface area contributed by atoms with Gasteiger partial charge in [-0.1, -0.05) is 6.07 Å². The highest BCUT2D eigenvalue weighted by Crippen LogP contribution is 2.22. The standard InChI is InChI=1S/C13H18N2O2S3/c1-10(9-12-3-2-8-18-12)15-20(16,17)13-5-4-11(19-13)6-7-14/h2-5,8,10,15H,6-7,9,14H2,1H3. The van der Waals surface area contributed by atoms with Crippen LogP contribution in [0.15, 0.2) is 33.9 Å². The Kier molecular flexibility index (Phi) is 5.34. The van der Waals surface area contributed by atoms with Crippen molar-refractivity contribution in [1.29, 1.82) is 0 Å². The predicted molar refractivity (Wildman–Crippen MR) is 84.9 cm³/mol. The van der Waals surface area contributed by atoms with Gasteiger partial charge in [-0.05, 0) is 49.9 Å². The monoisotopic (exact) mass is 330 g/mol. The minimum Gasteiger partial charge on any atom is -0.330 e. The van der Waals surface area contributed by atoms with Crippen LogP contribution in [0.4, 0.5) is 0 Å². The van der Waals surface area contributed by atoms with Gasteiger partial charge in [-0.3, -0.25) is 0 Å². The quantitative estimate of drug-likeness (QED) is 0.817. The summed E-state index contributed by atoms with van der Waals surface area (Å²) in [6.45, 7) is 2.41. The van der Waals surface area contributed by atoms with Crippen molar-refractivity contribution in [2.24, 2.45) is 5.73 Å². The van der Waals surface area contributed by atoms with E-state index in [0.29, 0.717) is 23.6 Å². The molecule has 0 saturated carbocycles. The van der Waals surface area contributed by atoms with E-state index in [0.717, 1.165) is 4.88 Å². The first-order valence-corrected chi connectivity index (χ1v) is 9.52. The molecule has 3 N–H and O–H groups in total. The summed E-state index contributed by atoms with van der Waals surface area (Å²) in [5.74, 6) is 0. The molecule has 7 heteroatoms. The van der Waals surface area contributed by atoms with E-state index in [2.05, 4.69) is 4.72 Å². The Morgan fingerprint density at radius 1 is 1.30 bits per heavy atom. The van der Waals surface area contributed by atoms with Crippen LogP contribution in [0.25, 0.3) is 0 Å². The number of nitrogens with two attached hydrogens (primary N) is 1. The molecule has 0 aliphatic carbocycles. The minimum atomic E-state index is -3.43. The second-order valence-electron chi connectivity index (χ2n) is 4.57. The minimum absolute atomic E-state index is 0.126. The molecule has 0 aromatic carbocycles. The highest BCUT2D eigenvalue weighted by atomic mass is 32.2. The number of hydrogen-bond acceptors (Lipinski definition) is 5. The molecule has 2 aromatic rings. The van der Waals surface area contributed by atoms with Gasteiger partial charge < -0.3 is 5.73 Å². The molecule has 2 rings (SSSR count). The summed E-state index contributed by atoms with van der Waals surface area (Å²) >= 11 is 2.92. The average molecular weight is 331 g/mol. The van der Waals surface area contributed by atoms with E-state index < -0.39 is 10.0 Å². The van der Waals surface area contributed by atoms with Crippen molar-refractivity contribution in [1.82, 2.24) is 4.72 Å². The van der Waals surface area contributed by atoms with Gasteiger partial charge in [0.1, 0.15) is 4.21 Å². The van der Waals surface area contributed by atoms with E-state index >= 15 is 0 Å². The largest absolute Gasteiger partial charge is 0.330 e. The van der Waals surface area contributed by atoms with Crippen molar-refractivity contribution in [3.8, 4) is 0 Å². The highest BCUT2D eigenvalue weighted by molar-refractivity contribution is 7.91. The van der Waals surface area contributed by atoms with Gasteiger partial charge in [-0.2, -0.15) is 0 Å². The lowest BCUT2D eigenvalue weighted by Crippen LogP contribution is -2.33. The van der Waals surface area contributed by atoms with Gasteiger partial charge in [0.05, 0.1) is 0 Å². The molecule has 0 radical (unpaired) electrons. The van der Waals surface area contributed by atoms with Gasteiger partial charge in [-0.25, -0.2) is 13.1 Å². The van der Waals surface area contributed by atoms with Gasteiger partial charge in [0, 0.05) is 15.8 Å². The third-order valence-corrected chi connectivity index (χ3v) is 6.86. The van der Waals surface area contributed by atoms with Crippen molar-refractivity contribution in [2.45, 2.75) is 30.0 Å². The van der Waals surface area contributed by atoms with E-state index in [1.807, 2.05) is 30.5 Å². The Hall–Kier alpha value is -0.730. The SMILES string of the molecule is CC(Cc1cccs1)NS(=O)(=O)c1ccc(CCN)s1. The Bertz CT molecular complexity index is 632. The topological polar surface area (TPSA) is 72.2 Å². The molecule has 2 aromatic heterocycles. The van der Waals surface area contributed by atoms with Crippen LogP contribution < -0.4 is 10.5 Å². The molecule has 1 atom stereocenters. The third-order valence-electron chi connectivity index (χ3n) is 2.74. The molecule has 0 fully saturated rings. The third kappa shape index (κ3) is 4.13. The number of rotatable bonds is 7. The van der Waals surface area contributed by atoms with Crippen LogP contribution in [-0.4, -0.2) is 21.0 Å². The Balaban J connectivity index is 2.02. The number of sulfonamides is 1. The van der Waals surface area contributed by atoms with Crippen LogP contribution in [-0.2, 0) is 22.9 Å². The predicted octanol–water partition coefficient (Wildman–Crippen LogP) is 2.22. The fourth-order valence-electron chi connectivity index (χ4n) is 1.87. The van der Waals surface area contributed by atoms with Gasteiger partial charge >= 0.3 is 0 Å². The molecule has 0 amide bonds. The molecule has 20 heavy (non-hydrogen) atoms. The first-order chi connectivity index (χ1) is 9.51. The summed E-state index contributed by atoms with van der Waals surface area (Å²) in [5, 5.41) is 1.99. The second-order valence-corrected chi connectivity index (χ2v) is 8.71. The average Bonchev–Trinajstić information content (AvgIpc) is 3.00. The normalized spacial score (nSPS) is 13.5. The van der Waals surface area contributed by atoms with Gasteiger partial charge in [-0.15, -0.1) is 22.7 Å². The molecule has 4 nitrogen and oxygen atoms in total. The lowest BCUT2D eigenvalue weighted by Gasteiger charge is -2.12. The fourth-order valence-corrected chi connectivity index (χ4v) is 5.34. The summed E-state index contributed by atoms with van der Waals surface area (Å²) in [5.41, 5.74) is 5.48. The zero-order valence-corrected chi connectivity index (χ0v) is 13.7. The molecule has 1 unspecified atom stereocenters. The van der Waals surface area contributed by atoms with Crippen molar-refractivity contribution in [3.05, 3.63) is 39.4 Å². The van der Waals surface area contributed by atoms with Crippen LogP contribution in [0, 0.1) is 0 Å². The van der Waals surface area contributed by atoms with Crippen molar-refractivity contribution < 1.29 is 8.42 Å². The molecule has 110 valence electrons. The van der Waals surface area contributed by atoms with E-state index in [4.69, 9.17) is 5.73 Å². The fraction of sp³-hybridized carbons (Fsp3) is 0.385. The van der Waals surface area contributed by atoms with E-state index in [1.54, 1.807) is 17.4 Å². The van der Waals surface area contributed by atoms with Crippen LogP contribution in [0.1, 0.15) is 16.7 Å². The maximum absolute atomic E-state index is 12.3. The van der Waals surface area contributed by atoms with Crippen molar-refractivity contribution in [2.75, 3.05) is 6.54 Å². The first-order valence-electron chi connectivity index (χ1n) is 6.35. The van der Waals surface area contributed by atoms with Gasteiger partial charge in [0.25, 0.3) is 0 Å². The van der Waals surface area contributed by atoms with Gasteiger partial charge in [0.15, 0.2) is 0 Å².